The Balaban J connectivity index is 1.43. The van der Waals surface area contributed by atoms with Gasteiger partial charge in [-0.15, -0.1) is 0 Å². The van der Waals surface area contributed by atoms with E-state index in [1.807, 2.05) is 48.5 Å². The van der Waals surface area contributed by atoms with Crippen molar-refractivity contribution in [2.24, 2.45) is 11.3 Å². The molecule has 9 rings (SSSR count). The van der Waals surface area contributed by atoms with Crippen molar-refractivity contribution in [3.63, 3.8) is 0 Å². The van der Waals surface area contributed by atoms with Crippen LogP contribution in [0.2, 0.25) is 0 Å². The number of carboxylic acids is 1. The third kappa shape index (κ3) is 3.51. The Bertz CT molecular complexity index is 2020. The predicted octanol–water partition coefficient (Wildman–Crippen LogP) is 5.13. The first kappa shape index (κ1) is 26.4. The van der Waals surface area contributed by atoms with Gasteiger partial charge in [0.15, 0.2) is 0 Å². The van der Waals surface area contributed by atoms with Crippen LogP contribution in [0.5, 0.6) is 11.5 Å². The molecular formula is C37H26NO6-. The molecule has 1 saturated heterocycles. The first-order chi connectivity index (χ1) is 21.4. The molecule has 0 N–H and O–H groups in total. The molecule has 4 bridgehead atoms. The minimum Gasteiger partial charge on any atom is -0.550 e. The topological polar surface area (TPSA) is 88.1 Å². The first-order valence-electron chi connectivity index (χ1n) is 14.6. The lowest BCUT2D eigenvalue weighted by Gasteiger charge is -2.73. The minimum atomic E-state index is -1.44. The molecule has 1 saturated carbocycles. The molecule has 2 fully saturated rings. The number of amides is 1. The SMILES string of the molecule is COc1ccc2c(c1)N(C(=O)Oc1ccccc1)[C@@]13C#Cc4cc5ccccc5cc4C#CC4(CC(=O)[O-])CCCC1[C@]24O3. The highest BCUT2D eigenvalue weighted by Crippen LogP contribution is 2.73. The van der Waals surface area contributed by atoms with Crippen molar-refractivity contribution in [1.29, 1.82) is 0 Å². The molecule has 0 radical (unpaired) electrons. The van der Waals surface area contributed by atoms with Gasteiger partial charge in [0.05, 0.1) is 24.1 Å². The third-order valence-electron chi connectivity index (χ3n) is 9.54. The molecule has 2 unspecified atom stereocenters. The number of carboxylic acid groups (broad SMARTS) is 1. The lowest BCUT2D eigenvalue weighted by Crippen LogP contribution is -2.82. The third-order valence-corrected chi connectivity index (χ3v) is 9.54. The van der Waals surface area contributed by atoms with Gasteiger partial charge in [0.1, 0.15) is 17.1 Å². The molecule has 1 amide bonds. The summed E-state index contributed by atoms with van der Waals surface area (Å²) in [5, 5.41) is 14.5. The lowest BCUT2D eigenvalue weighted by molar-refractivity contribution is -0.368. The average molecular weight is 581 g/mol. The van der Waals surface area contributed by atoms with Crippen LogP contribution in [0.4, 0.5) is 10.5 Å². The molecule has 3 heterocycles. The van der Waals surface area contributed by atoms with Crippen LogP contribution in [0.25, 0.3) is 10.8 Å². The van der Waals surface area contributed by atoms with Crippen LogP contribution in [-0.2, 0) is 15.1 Å². The predicted molar refractivity (Wildman–Crippen MR) is 161 cm³/mol. The van der Waals surface area contributed by atoms with E-state index in [-0.39, 0.29) is 12.3 Å². The Labute approximate surface area is 254 Å². The van der Waals surface area contributed by atoms with Gasteiger partial charge in [-0.25, -0.2) is 9.69 Å². The van der Waals surface area contributed by atoms with Crippen molar-refractivity contribution in [1.82, 2.24) is 0 Å². The van der Waals surface area contributed by atoms with E-state index in [1.165, 1.54) is 4.90 Å². The molecule has 4 aromatic rings. The zero-order valence-corrected chi connectivity index (χ0v) is 23.9. The molecule has 44 heavy (non-hydrogen) atoms. The van der Waals surface area contributed by atoms with E-state index in [0.29, 0.717) is 53.1 Å². The Morgan fingerprint density at radius 1 is 0.932 bits per heavy atom. The number of anilines is 1. The van der Waals surface area contributed by atoms with E-state index in [2.05, 4.69) is 23.7 Å². The smallest absolute Gasteiger partial charge is 0.422 e. The monoisotopic (exact) mass is 580 g/mol. The number of benzene rings is 4. The summed E-state index contributed by atoms with van der Waals surface area (Å²) in [6.45, 7) is 0. The highest BCUT2D eigenvalue weighted by atomic mass is 16.6. The summed E-state index contributed by atoms with van der Waals surface area (Å²) in [7, 11) is 1.55. The second-order valence-electron chi connectivity index (χ2n) is 11.8. The summed E-state index contributed by atoms with van der Waals surface area (Å²) < 4.78 is 18.5. The number of nitrogens with zero attached hydrogens (tertiary/aromatic N) is 1. The number of aliphatic carboxylic acids is 1. The van der Waals surface area contributed by atoms with Crippen molar-refractivity contribution in [2.75, 3.05) is 12.0 Å². The molecule has 7 nitrogen and oxygen atoms in total. The van der Waals surface area contributed by atoms with Crippen LogP contribution in [0.3, 0.4) is 0 Å². The van der Waals surface area contributed by atoms with E-state index in [9.17, 15) is 14.7 Å². The van der Waals surface area contributed by atoms with Crippen LogP contribution in [0, 0.1) is 35.0 Å². The van der Waals surface area contributed by atoms with Crippen LogP contribution in [0.1, 0.15) is 42.4 Å². The molecular weight excluding hydrogens is 554 g/mol. The number of ether oxygens (including phenoxy) is 3. The number of para-hydroxylation sites is 1. The van der Waals surface area contributed by atoms with Gasteiger partial charge < -0.3 is 24.1 Å². The molecule has 2 aliphatic carbocycles. The molecule has 4 atom stereocenters. The number of hydrogen-bond acceptors (Lipinski definition) is 6. The molecule has 216 valence electrons. The highest BCUT2D eigenvalue weighted by molar-refractivity contribution is 5.96. The van der Waals surface area contributed by atoms with E-state index in [1.54, 1.807) is 43.5 Å². The molecule has 7 heteroatoms. The molecule has 4 aromatic carbocycles. The maximum atomic E-state index is 14.2. The number of rotatable bonds is 4. The number of carbonyl (C=O) groups is 2. The van der Waals surface area contributed by atoms with Crippen molar-refractivity contribution in [3.8, 4) is 35.2 Å². The minimum absolute atomic E-state index is 0.331. The van der Waals surface area contributed by atoms with Crippen molar-refractivity contribution in [2.45, 2.75) is 37.0 Å². The summed E-state index contributed by atoms with van der Waals surface area (Å²) in [6, 6.07) is 26.1. The fourth-order valence-electron chi connectivity index (χ4n) is 7.74. The zero-order valence-electron chi connectivity index (χ0n) is 23.9. The molecule has 0 spiro atoms. The average Bonchev–Trinajstić information content (AvgIpc) is 3.02. The van der Waals surface area contributed by atoms with Gasteiger partial charge >= 0.3 is 6.09 Å². The highest BCUT2D eigenvalue weighted by Gasteiger charge is 2.80. The standard InChI is InChI=1S/C37H27NO6/c1-42-29-13-14-30-31(22-29)38(34(41)43-28-10-3-2-4-11-28)36-19-16-27-21-25-9-6-5-8-24(25)20-26(27)15-18-35(23-33(39)40)17-7-12-32(36)37(30,35)44-36/h2-6,8-11,13-14,20-22,32H,7,12,17,23H2,1H3,(H,39,40)/p-1/t32?,35?,36-,37-/m1/s1. The molecule has 5 aliphatic rings. The van der Waals surface area contributed by atoms with Gasteiger partial charge in [-0.05, 0) is 59.9 Å². The maximum absolute atomic E-state index is 14.2. The summed E-state index contributed by atoms with van der Waals surface area (Å²) in [4.78, 5) is 28.2. The van der Waals surface area contributed by atoms with Crippen LogP contribution >= 0.6 is 0 Å². The Morgan fingerprint density at radius 3 is 2.34 bits per heavy atom. The summed E-state index contributed by atoms with van der Waals surface area (Å²) >= 11 is 0. The quantitative estimate of drug-likeness (QED) is 0.311. The number of fused-ring (bicyclic) bond motifs is 2. The van der Waals surface area contributed by atoms with Crippen LogP contribution in [-0.4, -0.2) is 24.9 Å². The van der Waals surface area contributed by atoms with Crippen molar-refractivity contribution in [3.05, 3.63) is 102 Å². The molecule has 0 aromatic heterocycles. The largest absolute Gasteiger partial charge is 0.550 e. The number of hydrogen-bond donors (Lipinski definition) is 0. The van der Waals surface area contributed by atoms with Gasteiger partial charge in [0.25, 0.3) is 0 Å². The van der Waals surface area contributed by atoms with Gasteiger partial charge in [-0.2, -0.15) is 0 Å². The van der Waals surface area contributed by atoms with Gasteiger partial charge in [0.2, 0.25) is 5.72 Å². The fraction of sp³-hybridized carbons (Fsp3) is 0.243. The van der Waals surface area contributed by atoms with E-state index in [0.717, 1.165) is 10.8 Å². The van der Waals surface area contributed by atoms with E-state index >= 15 is 0 Å². The Kier molecular flexibility index (Phi) is 5.63. The Morgan fingerprint density at radius 2 is 1.64 bits per heavy atom. The molecule has 3 aliphatic heterocycles. The summed E-state index contributed by atoms with van der Waals surface area (Å²) in [5.74, 6) is 12.8. The number of carbonyl (C=O) groups excluding carboxylic acids is 2. The second kappa shape index (κ2) is 9.38. The maximum Gasteiger partial charge on any atom is 0.422 e. The van der Waals surface area contributed by atoms with Crippen molar-refractivity contribution >= 4 is 28.5 Å². The van der Waals surface area contributed by atoms with E-state index < -0.39 is 28.8 Å². The first-order valence-corrected chi connectivity index (χ1v) is 14.6. The zero-order chi connectivity index (χ0) is 30.1. The van der Waals surface area contributed by atoms with Gasteiger partial charge in [0, 0.05) is 35.1 Å². The van der Waals surface area contributed by atoms with Crippen LogP contribution in [0.15, 0.2) is 84.9 Å². The Hall–Kier alpha value is -5.24. The van der Waals surface area contributed by atoms with E-state index in [4.69, 9.17) is 14.2 Å². The van der Waals surface area contributed by atoms with Gasteiger partial charge in [-0.3, -0.25) is 0 Å². The fourth-order valence-corrected chi connectivity index (χ4v) is 7.74. The van der Waals surface area contributed by atoms with Gasteiger partial charge in [-0.1, -0.05) is 72.7 Å². The normalized spacial score (nSPS) is 26.8. The van der Waals surface area contributed by atoms with Crippen molar-refractivity contribution < 1.29 is 28.9 Å². The van der Waals surface area contributed by atoms with Crippen LogP contribution < -0.4 is 19.5 Å². The second-order valence-corrected chi connectivity index (χ2v) is 11.8. The summed E-state index contributed by atoms with van der Waals surface area (Å²) in [5.41, 5.74) is -1.21. The summed E-state index contributed by atoms with van der Waals surface area (Å²) in [6.07, 6.45) is 0.820. The lowest BCUT2D eigenvalue weighted by atomic mass is 9.47. The number of methoxy groups -OCH3 is 1.